The fourth-order valence-corrected chi connectivity index (χ4v) is 2.09. The number of methoxy groups -OCH3 is 1. The third kappa shape index (κ3) is 5.65. The minimum absolute atomic E-state index is 0.114. The van der Waals surface area contributed by atoms with Gasteiger partial charge < -0.3 is 10.1 Å². The number of hydrogen-bond donors (Lipinski definition) is 1. The Hall–Kier alpha value is -0.870. The molecule has 3 nitrogen and oxygen atoms in total. The van der Waals surface area contributed by atoms with Crippen molar-refractivity contribution in [3.63, 3.8) is 0 Å². The quantitative estimate of drug-likeness (QED) is 0.592. The van der Waals surface area contributed by atoms with Crippen LogP contribution in [-0.2, 0) is 22.7 Å². The van der Waals surface area contributed by atoms with Crippen LogP contribution in [0.25, 0.3) is 0 Å². The summed E-state index contributed by atoms with van der Waals surface area (Å²) in [6.07, 6.45) is 2.56. The van der Waals surface area contributed by atoms with E-state index in [0.29, 0.717) is 19.6 Å². The fourth-order valence-electron chi connectivity index (χ4n) is 1.69. The van der Waals surface area contributed by atoms with E-state index >= 15 is 0 Å². The van der Waals surface area contributed by atoms with Crippen LogP contribution in [0.3, 0.4) is 0 Å². The van der Waals surface area contributed by atoms with Crippen LogP contribution in [0.5, 0.6) is 0 Å². The van der Waals surface area contributed by atoms with Crippen LogP contribution in [0, 0.1) is 0 Å². The Morgan fingerprint density at radius 1 is 1.28 bits per heavy atom. The summed E-state index contributed by atoms with van der Waals surface area (Å²) in [4.78, 5) is 11.6. The normalized spacial score (nSPS) is 10.3. The highest BCUT2D eigenvalue weighted by Gasteiger charge is 2.04. The fraction of sp³-hybridized carbons (Fsp3) is 0.500. The van der Waals surface area contributed by atoms with Crippen LogP contribution in [0.2, 0.25) is 0 Å². The van der Waals surface area contributed by atoms with E-state index in [0.717, 1.165) is 29.3 Å². The number of unbranched alkanes of at least 4 members (excludes halogenated alkanes) is 1. The van der Waals surface area contributed by atoms with Crippen LogP contribution in [0.15, 0.2) is 24.3 Å². The summed E-state index contributed by atoms with van der Waals surface area (Å²) in [5, 5.41) is 3.90. The average molecular weight is 314 g/mol. The number of carbonyl (C=O) groups is 1. The molecule has 0 bridgehead atoms. The monoisotopic (exact) mass is 313 g/mol. The molecule has 0 aliphatic carbocycles. The smallest absolute Gasteiger partial charge is 0.220 e. The molecule has 0 radical (unpaired) electrons. The van der Waals surface area contributed by atoms with E-state index in [1.807, 2.05) is 24.3 Å². The van der Waals surface area contributed by atoms with Gasteiger partial charge in [0.25, 0.3) is 0 Å². The first-order valence-corrected chi connectivity index (χ1v) is 7.28. The molecular weight excluding hydrogens is 294 g/mol. The van der Waals surface area contributed by atoms with Crippen molar-refractivity contribution in [2.24, 2.45) is 0 Å². The molecule has 1 aromatic carbocycles. The lowest BCUT2D eigenvalue weighted by atomic mass is 10.1. The highest BCUT2D eigenvalue weighted by atomic mass is 79.9. The van der Waals surface area contributed by atoms with Crippen molar-refractivity contribution in [3.8, 4) is 0 Å². The molecule has 0 aliphatic rings. The maximum Gasteiger partial charge on any atom is 0.220 e. The molecule has 1 rings (SSSR count). The summed E-state index contributed by atoms with van der Waals surface area (Å²) in [6, 6.07) is 8.00. The number of halogens is 1. The van der Waals surface area contributed by atoms with E-state index in [-0.39, 0.29) is 5.91 Å². The van der Waals surface area contributed by atoms with Crippen molar-refractivity contribution in [3.05, 3.63) is 35.4 Å². The second-order valence-corrected chi connectivity index (χ2v) is 4.92. The zero-order chi connectivity index (χ0) is 13.2. The van der Waals surface area contributed by atoms with E-state index in [9.17, 15) is 4.79 Å². The van der Waals surface area contributed by atoms with Gasteiger partial charge in [-0.15, -0.1) is 0 Å². The van der Waals surface area contributed by atoms with Crippen LogP contribution < -0.4 is 5.32 Å². The number of amides is 1. The Balaban J connectivity index is 2.40. The largest absolute Gasteiger partial charge is 0.380 e. The molecule has 100 valence electrons. The van der Waals surface area contributed by atoms with Crippen molar-refractivity contribution in [1.29, 1.82) is 0 Å². The number of ether oxygens (including phenoxy) is 1. The topological polar surface area (TPSA) is 38.3 Å². The van der Waals surface area contributed by atoms with E-state index < -0.39 is 0 Å². The van der Waals surface area contributed by atoms with Gasteiger partial charge in [-0.3, -0.25) is 4.79 Å². The molecule has 0 fully saturated rings. The Bertz CT molecular complexity index is 369. The summed E-state index contributed by atoms with van der Waals surface area (Å²) in [6.45, 7) is 1.16. The van der Waals surface area contributed by atoms with Crippen LogP contribution in [0.4, 0.5) is 0 Å². The SMILES string of the molecule is COCc1ccccc1CNC(=O)CCCCBr. The minimum atomic E-state index is 0.114. The second-order valence-electron chi connectivity index (χ2n) is 4.12. The third-order valence-electron chi connectivity index (χ3n) is 2.68. The second kappa shape index (κ2) is 9.11. The number of hydrogen-bond acceptors (Lipinski definition) is 2. The lowest BCUT2D eigenvalue weighted by Crippen LogP contribution is -2.23. The first-order chi connectivity index (χ1) is 8.77. The standard InChI is InChI=1S/C14H20BrNO2/c1-18-11-13-7-3-2-6-12(13)10-16-14(17)8-4-5-9-15/h2-3,6-7H,4-5,8-11H2,1H3,(H,16,17). The van der Waals surface area contributed by atoms with E-state index in [4.69, 9.17) is 4.74 Å². The van der Waals surface area contributed by atoms with Gasteiger partial charge >= 0.3 is 0 Å². The summed E-state index contributed by atoms with van der Waals surface area (Å²) in [5.41, 5.74) is 2.24. The molecule has 0 atom stereocenters. The molecule has 1 aromatic rings. The summed E-state index contributed by atoms with van der Waals surface area (Å²) in [7, 11) is 1.68. The van der Waals surface area contributed by atoms with Crippen LogP contribution >= 0.6 is 15.9 Å². The van der Waals surface area contributed by atoms with Gasteiger partial charge in [-0.05, 0) is 24.0 Å². The molecule has 0 aliphatic heterocycles. The molecule has 1 amide bonds. The first-order valence-electron chi connectivity index (χ1n) is 6.16. The zero-order valence-corrected chi connectivity index (χ0v) is 12.3. The predicted molar refractivity (Wildman–Crippen MR) is 76.6 cm³/mol. The van der Waals surface area contributed by atoms with Gasteiger partial charge in [-0.2, -0.15) is 0 Å². The lowest BCUT2D eigenvalue weighted by Gasteiger charge is -2.10. The van der Waals surface area contributed by atoms with Crippen molar-refractivity contribution in [2.75, 3.05) is 12.4 Å². The maximum atomic E-state index is 11.6. The number of carbonyl (C=O) groups excluding carboxylic acids is 1. The van der Waals surface area contributed by atoms with Gasteiger partial charge in [0.1, 0.15) is 0 Å². The van der Waals surface area contributed by atoms with Gasteiger partial charge in [-0.25, -0.2) is 0 Å². The highest BCUT2D eigenvalue weighted by Crippen LogP contribution is 2.09. The Kier molecular flexibility index (Phi) is 7.69. The number of nitrogens with one attached hydrogen (secondary N) is 1. The van der Waals surface area contributed by atoms with Crippen LogP contribution in [-0.4, -0.2) is 18.3 Å². The van der Waals surface area contributed by atoms with E-state index in [1.165, 1.54) is 0 Å². The molecule has 18 heavy (non-hydrogen) atoms. The molecule has 0 aromatic heterocycles. The predicted octanol–water partition coefficient (Wildman–Crippen LogP) is 3.01. The molecule has 0 unspecified atom stereocenters. The van der Waals surface area contributed by atoms with E-state index in [2.05, 4.69) is 21.2 Å². The molecule has 0 saturated heterocycles. The Morgan fingerprint density at radius 2 is 2.00 bits per heavy atom. The van der Waals surface area contributed by atoms with Crippen molar-refractivity contribution in [2.45, 2.75) is 32.4 Å². The Labute approximate surface area is 117 Å². The number of alkyl halides is 1. The number of rotatable bonds is 8. The van der Waals surface area contributed by atoms with Gasteiger partial charge in [0, 0.05) is 25.4 Å². The minimum Gasteiger partial charge on any atom is -0.380 e. The number of benzene rings is 1. The van der Waals surface area contributed by atoms with Crippen molar-refractivity contribution >= 4 is 21.8 Å². The van der Waals surface area contributed by atoms with Crippen LogP contribution in [0.1, 0.15) is 30.4 Å². The lowest BCUT2D eigenvalue weighted by molar-refractivity contribution is -0.121. The van der Waals surface area contributed by atoms with Gasteiger partial charge in [0.2, 0.25) is 5.91 Å². The molecule has 0 saturated carbocycles. The molecular formula is C14H20BrNO2. The summed E-state index contributed by atoms with van der Waals surface area (Å²) in [5.74, 6) is 0.114. The molecule has 4 heteroatoms. The zero-order valence-electron chi connectivity index (χ0n) is 10.7. The molecule has 0 heterocycles. The van der Waals surface area contributed by atoms with Gasteiger partial charge in [-0.1, -0.05) is 40.2 Å². The molecule has 0 spiro atoms. The summed E-state index contributed by atoms with van der Waals surface area (Å²) >= 11 is 3.36. The first kappa shape index (κ1) is 15.2. The third-order valence-corrected chi connectivity index (χ3v) is 3.24. The van der Waals surface area contributed by atoms with Crippen molar-refractivity contribution < 1.29 is 9.53 Å². The van der Waals surface area contributed by atoms with E-state index in [1.54, 1.807) is 7.11 Å². The molecule has 1 N–H and O–H groups in total. The highest BCUT2D eigenvalue weighted by molar-refractivity contribution is 9.09. The summed E-state index contributed by atoms with van der Waals surface area (Å²) < 4.78 is 5.14. The average Bonchev–Trinajstić information content (AvgIpc) is 2.38. The van der Waals surface area contributed by atoms with Crippen molar-refractivity contribution in [1.82, 2.24) is 5.32 Å². The maximum absolute atomic E-state index is 11.6. The van der Waals surface area contributed by atoms with Gasteiger partial charge in [0.05, 0.1) is 6.61 Å². The Morgan fingerprint density at radius 3 is 2.67 bits per heavy atom. The van der Waals surface area contributed by atoms with Gasteiger partial charge in [0.15, 0.2) is 0 Å².